The highest BCUT2D eigenvalue weighted by Crippen LogP contribution is 2.49. The first-order valence-electron chi connectivity index (χ1n) is 16.8. The fraction of sp³-hybridized carbons (Fsp3) is 0.606. The molecule has 1 amide bonds. The summed E-state index contributed by atoms with van der Waals surface area (Å²) in [6.45, 7) is 16.2. The number of benzene rings is 2. The molecule has 2 unspecified atom stereocenters. The molecule has 47 heavy (non-hydrogen) atoms. The Bertz CT molecular complexity index is 1460. The van der Waals surface area contributed by atoms with E-state index in [1.165, 1.54) is 12.1 Å². The van der Waals surface area contributed by atoms with E-state index in [1.54, 1.807) is 12.1 Å². The predicted molar refractivity (Wildman–Crippen MR) is 181 cm³/mol. The molecule has 4 atom stereocenters. The van der Waals surface area contributed by atoms with Crippen molar-refractivity contribution in [3.05, 3.63) is 65.7 Å². The van der Waals surface area contributed by atoms with Crippen LogP contribution in [0.15, 0.2) is 59.5 Å². The van der Waals surface area contributed by atoms with Crippen molar-refractivity contribution in [2.75, 3.05) is 19.8 Å². The number of ether oxygens (including phenoxy) is 2. The minimum atomic E-state index is -4.25. The van der Waals surface area contributed by atoms with Crippen molar-refractivity contribution in [3.8, 4) is 0 Å². The Balaban J connectivity index is 1.73. The number of fused-ring (bicyclic) bond motifs is 1. The van der Waals surface area contributed by atoms with Crippen molar-refractivity contribution in [1.29, 1.82) is 0 Å². The zero-order valence-corrected chi connectivity index (χ0v) is 31.7. The number of hydroxylamine groups is 1. The number of aryl methyl sites for hydroxylation is 1. The SMILES string of the molecule is [3H]C1O[C@]2(COS(=O)(=O)c3ccc(C)cc3)CO[Si](C(C)C)(C(C)C)O[Si](C(C)C)(C(C)C)OC2[C@@H]1ONC(=O)OCc1ccccc1. The third-order valence-corrected chi connectivity index (χ3v) is 20.4. The second-order valence-corrected chi connectivity index (χ2v) is 24.0. The molecule has 2 saturated heterocycles. The summed E-state index contributed by atoms with van der Waals surface area (Å²) >= 11 is 0. The number of hydrogen-bond donors (Lipinski definition) is 1. The van der Waals surface area contributed by atoms with Gasteiger partial charge in [0.25, 0.3) is 10.1 Å². The van der Waals surface area contributed by atoms with Crippen molar-refractivity contribution >= 4 is 33.3 Å². The van der Waals surface area contributed by atoms with Gasteiger partial charge in [0.2, 0.25) is 0 Å². The van der Waals surface area contributed by atoms with Gasteiger partial charge in [0.1, 0.15) is 31.0 Å². The van der Waals surface area contributed by atoms with E-state index in [0.717, 1.165) is 11.1 Å². The van der Waals surface area contributed by atoms with E-state index in [0.29, 0.717) is 0 Å². The Morgan fingerprint density at radius 2 is 1.55 bits per heavy atom. The summed E-state index contributed by atoms with van der Waals surface area (Å²) in [4.78, 5) is 18.5. The summed E-state index contributed by atoms with van der Waals surface area (Å²) in [5.41, 5.74) is 2.18. The molecule has 2 aliphatic rings. The zero-order valence-electron chi connectivity index (χ0n) is 29.8. The number of carbonyl (C=O) groups excluding carboxylic acids is 1. The number of nitrogens with one attached hydrogen (secondary N) is 1. The van der Waals surface area contributed by atoms with Gasteiger partial charge in [0.05, 0.1) is 19.5 Å². The van der Waals surface area contributed by atoms with E-state index in [-0.39, 0.29) is 40.3 Å². The number of hydrogen-bond acceptors (Lipinski definition) is 10. The van der Waals surface area contributed by atoms with Crippen molar-refractivity contribution in [2.45, 2.75) is 114 Å². The number of amides is 1. The molecule has 0 saturated carbocycles. The maximum Gasteiger partial charge on any atom is 0.431 e. The second kappa shape index (κ2) is 15.2. The first-order chi connectivity index (χ1) is 22.5. The quantitative estimate of drug-likeness (QED) is 0.145. The first kappa shape index (κ1) is 36.1. The Morgan fingerprint density at radius 1 is 0.957 bits per heavy atom. The number of carbonyl (C=O) groups is 1. The van der Waals surface area contributed by atoms with Crippen LogP contribution in [0.5, 0.6) is 0 Å². The monoisotopic (exact) mass is 711 g/mol. The van der Waals surface area contributed by atoms with Gasteiger partial charge in [0, 0.05) is 0 Å². The van der Waals surface area contributed by atoms with Crippen LogP contribution in [0.3, 0.4) is 0 Å². The predicted octanol–water partition coefficient (Wildman–Crippen LogP) is 6.65. The Kier molecular flexibility index (Phi) is 11.7. The van der Waals surface area contributed by atoms with E-state index in [1.807, 2.05) is 65.0 Å². The second-order valence-electron chi connectivity index (χ2n) is 13.6. The van der Waals surface area contributed by atoms with Crippen LogP contribution < -0.4 is 5.48 Å². The summed E-state index contributed by atoms with van der Waals surface area (Å²) < 4.78 is 74.6. The highest BCUT2D eigenvalue weighted by atomic mass is 32.2. The molecule has 0 bridgehead atoms. The van der Waals surface area contributed by atoms with E-state index in [9.17, 15) is 13.2 Å². The molecular weight excluding hydrogens is 659 g/mol. The normalized spacial score (nSPS) is 26.1. The van der Waals surface area contributed by atoms with Crippen LogP contribution in [0.2, 0.25) is 22.2 Å². The van der Waals surface area contributed by atoms with Crippen LogP contribution >= 0.6 is 0 Å². The lowest BCUT2D eigenvalue weighted by Gasteiger charge is -2.53. The third kappa shape index (κ3) is 8.19. The van der Waals surface area contributed by atoms with Gasteiger partial charge < -0.3 is 22.4 Å². The lowest BCUT2D eigenvalue weighted by Crippen LogP contribution is -2.69. The molecular formula is C33H51NO10SSi2. The fourth-order valence-corrected chi connectivity index (χ4v) is 18.4. The molecule has 0 radical (unpaired) electrons. The fourth-order valence-electron chi connectivity index (χ4n) is 6.14. The minimum Gasteiger partial charge on any atom is -0.443 e. The molecule has 2 aliphatic heterocycles. The summed E-state index contributed by atoms with van der Waals surface area (Å²) in [6.07, 6.45) is -3.21. The van der Waals surface area contributed by atoms with Gasteiger partial charge in [-0.1, -0.05) is 103 Å². The van der Waals surface area contributed by atoms with Crippen LogP contribution in [0.4, 0.5) is 4.79 Å². The average molecular weight is 712 g/mol. The van der Waals surface area contributed by atoms with Crippen molar-refractivity contribution < 1.29 is 46.0 Å². The first-order valence-corrected chi connectivity index (χ1v) is 21.5. The maximum atomic E-state index is 13.5. The van der Waals surface area contributed by atoms with Crippen molar-refractivity contribution in [2.24, 2.45) is 0 Å². The molecule has 14 heteroatoms. The lowest BCUT2D eigenvalue weighted by molar-refractivity contribution is -0.130. The van der Waals surface area contributed by atoms with Crippen molar-refractivity contribution in [1.82, 2.24) is 5.48 Å². The van der Waals surface area contributed by atoms with Crippen LogP contribution in [0, 0.1) is 6.92 Å². The molecule has 1 N–H and O–H groups in total. The smallest absolute Gasteiger partial charge is 0.431 e. The van der Waals surface area contributed by atoms with Crippen LogP contribution in [-0.4, -0.2) is 69.2 Å². The molecule has 2 aromatic rings. The minimum absolute atomic E-state index is 0.00224. The Morgan fingerprint density at radius 3 is 2.13 bits per heavy atom. The highest BCUT2D eigenvalue weighted by molar-refractivity contribution is 7.86. The van der Waals surface area contributed by atoms with Gasteiger partial charge in [-0.05, 0) is 46.8 Å². The number of rotatable bonds is 12. The summed E-state index contributed by atoms with van der Waals surface area (Å²) in [7, 11) is -10.6. The van der Waals surface area contributed by atoms with Gasteiger partial charge in [-0.25, -0.2) is 4.79 Å². The highest BCUT2D eigenvalue weighted by Gasteiger charge is 2.65. The molecule has 2 fully saturated rings. The maximum absolute atomic E-state index is 13.5. The molecule has 2 heterocycles. The Hall–Kier alpha value is -2.15. The summed E-state index contributed by atoms with van der Waals surface area (Å²) in [5.74, 6) is 0. The molecule has 0 aromatic heterocycles. The van der Waals surface area contributed by atoms with Crippen LogP contribution in [0.25, 0.3) is 0 Å². The lowest BCUT2D eigenvalue weighted by atomic mass is 9.98. The summed E-state index contributed by atoms with van der Waals surface area (Å²) in [6, 6.07) is 15.5. The van der Waals surface area contributed by atoms with E-state index in [4.69, 9.17) is 32.8 Å². The average Bonchev–Trinajstić information content (AvgIpc) is 3.27. The van der Waals surface area contributed by atoms with Gasteiger partial charge in [0.15, 0.2) is 0 Å². The van der Waals surface area contributed by atoms with Gasteiger partial charge >= 0.3 is 23.2 Å². The van der Waals surface area contributed by atoms with E-state index >= 15 is 0 Å². The van der Waals surface area contributed by atoms with Gasteiger partial charge in [-0.15, -0.1) is 0 Å². The molecule has 0 spiro atoms. The standard InChI is InChI=1S/C33H51NO10SSi2/c1-23(2)46(24(3)4)41-22-33(21-40-45(36,37)29-17-15-27(9)16-18-29)31(43-47(44-46,25(5)6)26(7)8)30(20-39-33)42-34-32(35)38-19-28-13-11-10-12-14-28/h10-18,23-26,30-31H,19-22H2,1-9H3,(H,34,35)/t30-,31?,33-/m1/s1/i20T/t20?,30-,31?,33-. The topological polar surface area (TPSA) is 128 Å². The van der Waals surface area contributed by atoms with Crippen LogP contribution in [0.1, 0.15) is 67.9 Å². The van der Waals surface area contributed by atoms with Crippen molar-refractivity contribution in [3.63, 3.8) is 0 Å². The Labute approximate surface area is 283 Å². The van der Waals surface area contributed by atoms with E-state index in [2.05, 4.69) is 33.2 Å². The van der Waals surface area contributed by atoms with Gasteiger partial charge in [-0.3, -0.25) is 9.02 Å². The van der Waals surface area contributed by atoms with E-state index < -0.39 is 64.3 Å². The van der Waals surface area contributed by atoms with Gasteiger partial charge in [-0.2, -0.15) is 13.9 Å². The van der Waals surface area contributed by atoms with Crippen LogP contribution in [-0.2, 0) is 48.2 Å². The largest absolute Gasteiger partial charge is 0.443 e. The third-order valence-electron chi connectivity index (χ3n) is 8.90. The molecule has 0 aliphatic carbocycles. The summed E-state index contributed by atoms with van der Waals surface area (Å²) in [5, 5.41) is 0. The molecule has 11 nitrogen and oxygen atoms in total. The molecule has 2 aromatic carbocycles. The zero-order chi connectivity index (χ0) is 35.5. The molecule has 4 rings (SSSR count). The molecule has 262 valence electrons.